The van der Waals surface area contributed by atoms with E-state index in [1.165, 1.54) is 11.3 Å². The lowest BCUT2D eigenvalue weighted by molar-refractivity contribution is 0.777. The van der Waals surface area contributed by atoms with Crippen LogP contribution in [0.1, 0.15) is 19.4 Å². The van der Waals surface area contributed by atoms with E-state index in [-0.39, 0.29) is 0 Å². The summed E-state index contributed by atoms with van der Waals surface area (Å²) in [6.45, 7) is 5.28. The molecule has 15 heavy (non-hydrogen) atoms. The van der Waals surface area contributed by atoms with Crippen LogP contribution in [0.25, 0.3) is 6.08 Å². The van der Waals surface area contributed by atoms with Gasteiger partial charge < -0.3 is 4.90 Å². The Hall–Kier alpha value is -1.50. The Bertz CT molecular complexity index is 390. The Morgan fingerprint density at radius 3 is 2.93 bits per heavy atom. The van der Waals surface area contributed by atoms with E-state index in [2.05, 4.69) is 67.3 Å². The van der Waals surface area contributed by atoms with Crippen molar-refractivity contribution in [2.24, 2.45) is 0 Å². The fourth-order valence-corrected chi connectivity index (χ4v) is 1.94. The lowest BCUT2D eigenvalue weighted by atomic mass is 10.0. The largest absolute Gasteiger partial charge is 0.361 e. The normalized spacial score (nSPS) is 19.6. The molecule has 1 heterocycles. The summed E-state index contributed by atoms with van der Waals surface area (Å²) in [7, 11) is 0. The summed E-state index contributed by atoms with van der Waals surface area (Å²) in [6, 6.07) is 9.04. The molecule has 1 aromatic rings. The summed E-state index contributed by atoms with van der Waals surface area (Å²) in [5, 5.41) is 0. The first-order valence-corrected chi connectivity index (χ1v) is 5.48. The number of hydrogen-bond acceptors (Lipinski definition) is 1. The highest BCUT2D eigenvalue weighted by molar-refractivity contribution is 5.72. The second kappa shape index (κ2) is 4.35. The van der Waals surface area contributed by atoms with E-state index in [1.54, 1.807) is 0 Å². The fraction of sp³-hybridized carbons (Fsp3) is 0.286. The van der Waals surface area contributed by atoms with Crippen LogP contribution in [-0.2, 0) is 0 Å². The van der Waals surface area contributed by atoms with Crippen LogP contribution in [-0.4, -0.2) is 12.6 Å². The molecular weight excluding hydrogens is 182 g/mol. The Kier molecular flexibility index (Phi) is 2.91. The van der Waals surface area contributed by atoms with Crippen molar-refractivity contribution in [3.05, 3.63) is 48.1 Å². The Labute approximate surface area is 91.7 Å². The summed E-state index contributed by atoms with van der Waals surface area (Å²) in [5.41, 5.74) is 2.66. The molecule has 0 radical (unpaired) electrons. The van der Waals surface area contributed by atoms with Crippen molar-refractivity contribution in [1.29, 1.82) is 0 Å². The van der Waals surface area contributed by atoms with Gasteiger partial charge in [0.25, 0.3) is 0 Å². The second-order valence-corrected chi connectivity index (χ2v) is 3.88. The van der Waals surface area contributed by atoms with E-state index in [0.29, 0.717) is 6.04 Å². The summed E-state index contributed by atoms with van der Waals surface area (Å²) in [4.78, 5) is 2.41. The monoisotopic (exact) mass is 199 g/mol. The number of benzene rings is 1. The van der Waals surface area contributed by atoms with Crippen molar-refractivity contribution in [3.63, 3.8) is 0 Å². The predicted molar refractivity (Wildman–Crippen MR) is 67.1 cm³/mol. The summed E-state index contributed by atoms with van der Waals surface area (Å²) >= 11 is 0. The second-order valence-electron chi connectivity index (χ2n) is 3.88. The van der Waals surface area contributed by atoms with Crippen molar-refractivity contribution in [2.45, 2.75) is 19.9 Å². The van der Waals surface area contributed by atoms with Gasteiger partial charge in [0.15, 0.2) is 0 Å². The SMILES string of the molecule is C/C=C/CN1c2ccccc2C=CC1C. The fourth-order valence-electron chi connectivity index (χ4n) is 1.94. The van der Waals surface area contributed by atoms with Crippen LogP contribution < -0.4 is 4.90 Å². The van der Waals surface area contributed by atoms with Gasteiger partial charge in [-0.25, -0.2) is 0 Å². The van der Waals surface area contributed by atoms with E-state index >= 15 is 0 Å². The molecule has 1 aromatic carbocycles. The van der Waals surface area contributed by atoms with Crippen LogP contribution in [0.3, 0.4) is 0 Å². The number of fused-ring (bicyclic) bond motifs is 1. The maximum Gasteiger partial charge on any atom is 0.0451 e. The number of nitrogens with zero attached hydrogens (tertiary/aromatic N) is 1. The third-order valence-electron chi connectivity index (χ3n) is 2.83. The third kappa shape index (κ3) is 1.96. The minimum atomic E-state index is 0.482. The van der Waals surface area contributed by atoms with Crippen LogP contribution in [0.15, 0.2) is 42.5 Å². The average Bonchev–Trinajstić information content (AvgIpc) is 2.28. The molecule has 0 saturated heterocycles. The van der Waals surface area contributed by atoms with Crippen molar-refractivity contribution < 1.29 is 0 Å². The van der Waals surface area contributed by atoms with Crippen molar-refractivity contribution in [2.75, 3.05) is 11.4 Å². The smallest absolute Gasteiger partial charge is 0.0451 e. The van der Waals surface area contributed by atoms with Crippen molar-refractivity contribution in [1.82, 2.24) is 0 Å². The molecule has 0 aliphatic carbocycles. The Morgan fingerprint density at radius 1 is 1.33 bits per heavy atom. The molecule has 0 aromatic heterocycles. The van der Waals surface area contributed by atoms with Gasteiger partial charge in [-0.05, 0) is 25.5 Å². The van der Waals surface area contributed by atoms with Gasteiger partial charge in [-0.3, -0.25) is 0 Å². The number of hydrogen-bond donors (Lipinski definition) is 0. The summed E-state index contributed by atoms with van der Waals surface area (Å²) in [6.07, 6.45) is 8.78. The highest BCUT2D eigenvalue weighted by atomic mass is 15.2. The molecule has 0 fully saturated rings. The molecule has 0 amide bonds. The minimum absolute atomic E-state index is 0.482. The highest BCUT2D eigenvalue weighted by Gasteiger charge is 2.16. The van der Waals surface area contributed by atoms with Crippen LogP contribution in [0, 0.1) is 0 Å². The molecule has 1 atom stereocenters. The zero-order valence-corrected chi connectivity index (χ0v) is 9.35. The molecule has 0 saturated carbocycles. The summed E-state index contributed by atoms with van der Waals surface area (Å²) < 4.78 is 0. The molecule has 0 spiro atoms. The molecule has 0 bridgehead atoms. The van der Waals surface area contributed by atoms with Gasteiger partial charge >= 0.3 is 0 Å². The van der Waals surface area contributed by atoms with E-state index in [0.717, 1.165) is 6.54 Å². The molecule has 2 rings (SSSR count). The van der Waals surface area contributed by atoms with Crippen LogP contribution >= 0.6 is 0 Å². The molecule has 1 aliphatic rings. The maximum atomic E-state index is 2.41. The summed E-state index contributed by atoms with van der Waals surface area (Å²) in [5.74, 6) is 0. The molecule has 1 aliphatic heterocycles. The van der Waals surface area contributed by atoms with Gasteiger partial charge in [0.2, 0.25) is 0 Å². The van der Waals surface area contributed by atoms with Crippen LogP contribution in [0.4, 0.5) is 5.69 Å². The molecule has 78 valence electrons. The lowest BCUT2D eigenvalue weighted by Crippen LogP contribution is -2.33. The Morgan fingerprint density at radius 2 is 2.13 bits per heavy atom. The van der Waals surface area contributed by atoms with Crippen molar-refractivity contribution >= 4 is 11.8 Å². The van der Waals surface area contributed by atoms with E-state index in [4.69, 9.17) is 0 Å². The van der Waals surface area contributed by atoms with Crippen LogP contribution in [0.2, 0.25) is 0 Å². The average molecular weight is 199 g/mol. The topological polar surface area (TPSA) is 3.24 Å². The van der Waals surface area contributed by atoms with Crippen LogP contribution in [0.5, 0.6) is 0 Å². The molecule has 0 N–H and O–H groups in total. The minimum Gasteiger partial charge on any atom is -0.361 e. The quantitative estimate of drug-likeness (QED) is 0.659. The number of rotatable bonds is 2. The first kappa shape index (κ1) is 10.0. The number of para-hydroxylation sites is 1. The predicted octanol–water partition coefficient (Wildman–Crippen LogP) is 3.48. The molecule has 1 heteroatoms. The van der Waals surface area contributed by atoms with E-state index in [1.807, 2.05) is 0 Å². The zero-order chi connectivity index (χ0) is 10.7. The van der Waals surface area contributed by atoms with Gasteiger partial charge in [-0.2, -0.15) is 0 Å². The van der Waals surface area contributed by atoms with E-state index < -0.39 is 0 Å². The number of allylic oxidation sites excluding steroid dienone is 1. The third-order valence-corrected chi connectivity index (χ3v) is 2.83. The standard InChI is InChI=1S/C14H17N/c1-3-4-11-15-12(2)9-10-13-7-5-6-8-14(13)15/h3-10,12H,11H2,1-2H3/b4-3+. The molecule has 1 unspecified atom stereocenters. The van der Waals surface area contributed by atoms with Gasteiger partial charge in [-0.1, -0.05) is 42.5 Å². The zero-order valence-electron chi connectivity index (χ0n) is 9.35. The lowest BCUT2D eigenvalue weighted by Gasteiger charge is -2.32. The van der Waals surface area contributed by atoms with Gasteiger partial charge in [0.1, 0.15) is 0 Å². The van der Waals surface area contributed by atoms with Gasteiger partial charge in [0, 0.05) is 18.3 Å². The molecule has 1 nitrogen and oxygen atoms in total. The Balaban J connectivity index is 2.33. The van der Waals surface area contributed by atoms with E-state index in [9.17, 15) is 0 Å². The maximum absolute atomic E-state index is 2.41. The van der Waals surface area contributed by atoms with Crippen molar-refractivity contribution in [3.8, 4) is 0 Å². The highest BCUT2D eigenvalue weighted by Crippen LogP contribution is 2.28. The molecular formula is C14H17N. The van der Waals surface area contributed by atoms with Gasteiger partial charge in [-0.15, -0.1) is 0 Å². The van der Waals surface area contributed by atoms with Gasteiger partial charge in [0.05, 0.1) is 0 Å². The number of anilines is 1. The first-order valence-electron chi connectivity index (χ1n) is 5.48. The first-order chi connectivity index (χ1) is 7.33.